The van der Waals surface area contributed by atoms with E-state index in [9.17, 15) is 9.59 Å². The predicted octanol–water partition coefficient (Wildman–Crippen LogP) is 2.54. The topological polar surface area (TPSA) is 85.2 Å². The molecule has 0 spiro atoms. The number of carbonyl (C=O) groups is 2. The van der Waals surface area contributed by atoms with Crippen molar-refractivity contribution in [3.63, 3.8) is 0 Å². The van der Waals surface area contributed by atoms with Gasteiger partial charge in [0.25, 0.3) is 0 Å². The van der Waals surface area contributed by atoms with Gasteiger partial charge in [-0.15, -0.1) is 0 Å². The Bertz CT molecular complexity index is 692. The van der Waals surface area contributed by atoms with Crippen LogP contribution in [0, 0.1) is 17.2 Å². The predicted molar refractivity (Wildman–Crippen MR) is 101 cm³/mol. The molecule has 1 aromatic carbocycles. The fourth-order valence-electron chi connectivity index (χ4n) is 2.96. The zero-order valence-corrected chi connectivity index (χ0v) is 15.4. The number of hydrogen-bond acceptors (Lipinski definition) is 3. The van der Waals surface area contributed by atoms with Crippen molar-refractivity contribution in [1.82, 2.24) is 15.5 Å². The largest absolute Gasteiger partial charge is 0.341 e. The minimum atomic E-state index is -0.629. The molecule has 0 saturated heterocycles. The van der Waals surface area contributed by atoms with Crippen LogP contribution in [-0.4, -0.2) is 42.5 Å². The lowest BCUT2D eigenvalue weighted by Gasteiger charge is -2.29. The molecule has 6 heteroatoms. The molecule has 1 aliphatic heterocycles. The van der Waals surface area contributed by atoms with Gasteiger partial charge in [-0.25, -0.2) is 4.79 Å². The second-order valence-electron chi connectivity index (χ2n) is 6.80. The molecule has 3 amide bonds. The second kappa shape index (κ2) is 9.62. The first-order valence-corrected chi connectivity index (χ1v) is 8.95. The van der Waals surface area contributed by atoms with Crippen LogP contribution in [0.3, 0.4) is 0 Å². The first-order valence-electron chi connectivity index (χ1n) is 8.95. The maximum Gasteiger partial charge on any atom is 0.318 e. The molecule has 1 unspecified atom stereocenters. The van der Waals surface area contributed by atoms with Crippen LogP contribution in [0.1, 0.15) is 32.3 Å². The molecule has 2 N–H and O–H groups in total. The summed E-state index contributed by atoms with van der Waals surface area (Å²) in [5.41, 5.74) is 2.42. The summed E-state index contributed by atoms with van der Waals surface area (Å²) < 4.78 is 0. The van der Waals surface area contributed by atoms with Gasteiger partial charge in [-0.3, -0.25) is 4.79 Å². The minimum Gasteiger partial charge on any atom is -0.341 e. The fraction of sp³-hybridized carbons (Fsp3) is 0.450. The molecule has 0 aromatic heterocycles. The van der Waals surface area contributed by atoms with E-state index in [1.165, 1.54) is 11.1 Å². The van der Waals surface area contributed by atoms with Gasteiger partial charge < -0.3 is 15.5 Å². The zero-order valence-electron chi connectivity index (χ0n) is 15.4. The van der Waals surface area contributed by atoms with Crippen molar-refractivity contribution in [2.24, 2.45) is 5.92 Å². The molecule has 0 fully saturated rings. The first-order chi connectivity index (χ1) is 12.5. The monoisotopic (exact) mass is 354 g/mol. The van der Waals surface area contributed by atoms with Crippen LogP contribution >= 0.6 is 0 Å². The van der Waals surface area contributed by atoms with Crippen LogP contribution in [0.15, 0.2) is 36.4 Å². The van der Waals surface area contributed by atoms with Gasteiger partial charge in [-0.05, 0) is 29.9 Å². The summed E-state index contributed by atoms with van der Waals surface area (Å²) in [6.45, 7) is 5.06. The second-order valence-corrected chi connectivity index (χ2v) is 6.80. The maximum atomic E-state index is 12.6. The lowest BCUT2D eigenvalue weighted by molar-refractivity contribution is -0.123. The van der Waals surface area contributed by atoms with E-state index in [0.29, 0.717) is 19.5 Å². The molecule has 0 bridgehead atoms. The number of hydrogen-bond donors (Lipinski definition) is 2. The Labute approximate surface area is 154 Å². The SMILES string of the molecule is CC(C)CC(NC(=O)N1CC=C(c2ccccc2)CC1)C(=O)NCC#N. The van der Waals surface area contributed by atoms with E-state index in [1.807, 2.05) is 38.1 Å². The van der Waals surface area contributed by atoms with Gasteiger partial charge in [-0.2, -0.15) is 5.26 Å². The minimum absolute atomic E-state index is 0.0593. The molecule has 1 atom stereocenters. The Hall–Kier alpha value is -2.81. The molecule has 138 valence electrons. The summed E-state index contributed by atoms with van der Waals surface area (Å²) in [7, 11) is 0. The zero-order chi connectivity index (χ0) is 18.9. The van der Waals surface area contributed by atoms with E-state index in [0.717, 1.165) is 6.42 Å². The molecule has 0 saturated carbocycles. The van der Waals surface area contributed by atoms with Crippen LogP contribution in [0.25, 0.3) is 5.57 Å². The van der Waals surface area contributed by atoms with Gasteiger partial charge in [0, 0.05) is 13.1 Å². The van der Waals surface area contributed by atoms with Crippen molar-refractivity contribution in [2.75, 3.05) is 19.6 Å². The van der Waals surface area contributed by atoms with Gasteiger partial charge in [-0.1, -0.05) is 50.3 Å². The molecule has 0 radical (unpaired) electrons. The third-order valence-electron chi connectivity index (χ3n) is 4.30. The van der Waals surface area contributed by atoms with Crippen LogP contribution in [0.5, 0.6) is 0 Å². The van der Waals surface area contributed by atoms with E-state index < -0.39 is 6.04 Å². The number of nitrogens with zero attached hydrogens (tertiary/aromatic N) is 2. The molecule has 6 nitrogen and oxygen atoms in total. The number of carbonyl (C=O) groups excluding carboxylic acids is 2. The summed E-state index contributed by atoms with van der Waals surface area (Å²) in [6, 6.07) is 11.1. The van der Waals surface area contributed by atoms with Crippen LogP contribution in [0.4, 0.5) is 4.79 Å². The van der Waals surface area contributed by atoms with Crippen molar-refractivity contribution in [2.45, 2.75) is 32.7 Å². The summed E-state index contributed by atoms with van der Waals surface area (Å²) >= 11 is 0. The van der Waals surface area contributed by atoms with Crippen LogP contribution in [0.2, 0.25) is 0 Å². The Morgan fingerprint density at radius 1 is 1.27 bits per heavy atom. The summed E-state index contributed by atoms with van der Waals surface area (Å²) in [4.78, 5) is 26.4. The number of nitrogens with one attached hydrogen (secondary N) is 2. The Balaban J connectivity index is 1.96. The highest BCUT2D eigenvalue weighted by molar-refractivity contribution is 5.87. The van der Waals surface area contributed by atoms with Crippen LogP contribution in [-0.2, 0) is 4.79 Å². The molecule has 1 heterocycles. The highest BCUT2D eigenvalue weighted by Gasteiger charge is 2.25. The quantitative estimate of drug-likeness (QED) is 0.770. The number of rotatable bonds is 6. The third kappa shape index (κ3) is 5.62. The highest BCUT2D eigenvalue weighted by atomic mass is 16.2. The molecule has 26 heavy (non-hydrogen) atoms. The Morgan fingerprint density at radius 3 is 2.58 bits per heavy atom. The van der Waals surface area contributed by atoms with E-state index in [4.69, 9.17) is 5.26 Å². The molecular formula is C20H26N4O2. The van der Waals surface area contributed by atoms with E-state index in [-0.39, 0.29) is 24.4 Å². The van der Waals surface area contributed by atoms with E-state index >= 15 is 0 Å². The van der Waals surface area contributed by atoms with Gasteiger partial charge in [0.1, 0.15) is 12.6 Å². The average molecular weight is 354 g/mol. The van der Waals surface area contributed by atoms with Crippen molar-refractivity contribution in [1.29, 1.82) is 5.26 Å². The average Bonchev–Trinajstić information content (AvgIpc) is 2.66. The molecule has 1 aliphatic rings. The molecular weight excluding hydrogens is 328 g/mol. The molecule has 0 aliphatic carbocycles. The number of urea groups is 1. The third-order valence-corrected chi connectivity index (χ3v) is 4.30. The fourth-order valence-corrected chi connectivity index (χ4v) is 2.96. The van der Waals surface area contributed by atoms with Crippen molar-refractivity contribution in [3.8, 4) is 6.07 Å². The summed E-state index contributed by atoms with van der Waals surface area (Å²) in [6.07, 6.45) is 3.38. The maximum absolute atomic E-state index is 12.6. The van der Waals surface area contributed by atoms with Gasteiger partial charge in [0.15, 0.2) is 0 Å². The van der Waals surface area contributed by atoms with Crippen molar-refractivity contribution >= 4 is 17.5 Å². The molecule has 2 rings (SSSR count). The summed E-state index contributed by atoms with van der Waals surface area (Å²) in [5.74, 6) is -0.0646. The Morgan fingerprint density at radius 2 is 2.00 bits per heavy atom. The summed E-state index contributed by atoms with van der Waals surface area (Å²) in [5, 5.41) is 14.0. The lowest BCUT2D eigenvalue weighted by Crippen LogP contribution is -2.52. The van der Waals surface area contributed by atoms with Gasteiger partial charge in [0.2, 0.25) is 5.91 Å². The number of nitriles is 1. The van der Waals surface area contributed by atoms with Gasteiger partial charge in [0.05, 0.1) is 6.07 Å². The van der Waals surface area contributed by atoms with Crippen LogP contribution < -0.4 is 10.6 Å². The van der Waals surface area contributed by atoms with Gasteiger partial charge >= 0.3 is 6.03 Å². The smallest absolute Gasteiger partial charge is 0.318 e. The standard InChI is InChI=1S/C20H26N4O2/c1-15(2)14-18(19(25)22-11-10-21)23-20(26)24-12-8-17(9-13-24)16-6-4-3-5-7-16/h3-8,15,18H,9,11-14H2,1-2H3,(H,22,25)(H,23,26). The van der Waals surface area contributed by atoms with Crippen molar-refractivity contribution in [3.05, 3.63) is 42.0 Å². The number of benzene rings is 1. The number of amides is 3. The van der Waals surface area contributed by atoms with Crippen molar-refractivity contribution < 1.29 is 9.59 Å². The van der Waals surface area contributed by atoms with E-state index in [2.05, 4.69) is 28.8 Å². The lowest BCUT2D eigenvalue weighted by atomic mass is 9.99. The highest BCUT2D eigenvalue weighted by Crippen LogP contribution is 2.22. The normalized spacial score (nSPS) is 15.0. The Kier molecular flexibility index (Phi) is 7.22. The first kappa shape index (κ1) is 19.5. The molecule has 1 aromatic rings. The van der Waals surface area contributed by atoms with E-state index in [1.54, 1.807) is 4.90 Å².